The maximum absolute atomic E-state index is 6.08. The molecule has 2 atom stereocenters. The summed E-state index contributed by atoms with van der Waals surface area (Å²) in [6.07, 6.45) is 2.55. The molecule has 0 amide bonds. The number of alkyl halides is 1. The number of para-hydroxylation sites is 1. The molecule has 102 valence electrons. The molecule has 0 bridgehead atoms. The second-order valence-electron chi connectivity index (χ2n) is 5.27. The molecule has 3 nitrogen and oxygen atoms in total. The average molecular weight is 279 g/mol. The molecule has 2 unspecified atom stereocenters. The normalized spacial score (nSPS) is 21.1. The van der Waals surface area contributed by atoms with E-state index in [2.05, 4.69) is 35.5 Å². The molecular weight excluding hydrogens is 260 g/mol. The van der Waals surface area contributed by atoms with E-state index in [1.807, 2.05) is 6.07 Å². The Labute approximate surface area is 118 Å². The molecule has 1 saturated heterocycles. The average Bonchev–Trinajstić information content (AvgIpc) is 3.05. The summed E-state index contributed by atoms with van der Waals surface area (Å²) in [5, 5.41) is 0. The Kier molecular flexibility index (Phi) is 3.50. The largest absolute Gasteiger partial charge is 0.376 e. The Morgan fingerprint density at radius 2 is 2.37 bits per heavy atom. The van der Waals surface area contributed by atoms with E-state index in [0.29, 0.717) is 5.88 Å². The minimum absolute atomic E-state index is 0.277. The van der Waals surface area contributed by atoms with Gasteiger partial charge >= 0.3 is 0 Å². The van der Waals surface area contributed by atoms with Crippen LogP contribution in [0.25, 0.3) is 11.0 Å². The number of aromatic nitrogens is 2. The van der Waals surface area contributed by atoms with Crippen LogP contribution < -0.4 is 0 Å². The Balaban J connectivity index is 2.14. The lowest BCUT2D eigenvalue weighted by Gasteiger charge is -2.23. The van der Waals surface area contributed by atoms with Crippen LogP contribution >= 0.6 is 11.6 Å². The number of benzene rings is 1. The second kappa shape index (κ2) is 5.14. The third-order valence-corrected chi connectivity index (χ3v) is 4.25. The Morgan fingerprint density at radius 1 is 1.53 bits per heavy atom. The van der Waals surface area contributed by atoms with Gasteiger partial charge in [-0.1, -0.05) is 12.1 Å². The van der Waals surface area contributed by atoms with Gasteiger partial charge in [-0.25, -0.2) is 4.98 Å². The van der Waals surface area contributed by atoms with Crippen LogP contribution in [0.3, 0.4) is 0 Å². The first-order valence-electron chi connectivity index (χ1n) is 6.86. The highest BCUT2D eigenvalue weighted by atomic mass is 35.5. The van der Waals surface area contributed by atoms with Crippen molar-refractivity contribution in [3.05, 3.63) is 29.6 Å². The van der Waals surface area contributed by atoms with Crippen molar-refractivity contribution >= 4 is 22.6 Å². The lowest BCUT2D eigenvalue weighted by molar-refractivity contribution is 0.0738. The highest BCUT2D eigenvalue weighted by Crippen LogP contribution is 2.31. The van der Waals surface area contributed by atoms with Crippen LogP contribution in [0.15, 0.2) is 18.2 Å². The summed E-state index contributed by atoms with van der Waals surface area (Å²) < 4.78 is 8.11. The first-order valence-corrected chi connectivity index (χ1v) is 7.40. The maximum Gasteiger partial charge on any atom is 0.125 e. The van der Waals surface area contributed by atoms with E-state index >= 15 is 0 Å². The third-order valence-electron chi connectivity index (χ3n) is 4.01. The smallest absolute Gasteiger partial charge is 0.125 e. The van der Waals surface area contributed by atoms with Crippen LogP contribution in [-0.4, -0.2) is 22.3 Å². The summed E-state index contributed by atoms with van der Waals surface area (Å²) in [6.45, 7) is 5.21. The molecule has 2 aromatic rings. The van der Waals surface area contributed by atoms with Crippen LogP contribution in [0.1, 0.15) is 37.2 Å². The Hall–Kier alpha value is -1.06. The standard InChI is InChI=1S/C15H19ClN2O/c1-10-5-3-6-12-15(10)18(14(9-16)17-12)11(2)13-7-4-8-19-13/h3,5-6,11,13H,4,7-9H2,1-2H3. The van der Waals surface area contributed by atoms with Gasteiger partial charge in [0, 0.05) is 6.61 Å². The zero-order valence-corrected chi connectivity index (χ0v) is 12.2. The molecule has 1 aliphatic heterocycles. The number of hydrogen-bond donors (Lipinski definition) is 0. The van der Waals surface area contributed by atoms with Gasteiger partial charge in [-0.3, -0.25) is 0 Å². The number of nitrogens with zero attached hydrogens (tertiary/aromatic N) is 2. The molecule has 0 saturated carbocycles. The van der Waals surface area contributed by atoms with Gasteiger partial charge in [0.2, 0.25) is 0 Å². The number of hydrogen-bond acceptors (Lipinski definition) is 2. The second-order valence-corrected chi connectivity index (χ2v) is 5.53. The summed E-state index contributed by atoms with van der Waals surface area (Å²) in [7, 11) is 0. The molecule has 2 heterocycles. The van der Waals surface area contributed by atoms with Gasteiger partial charge in [0.1, 0.15) is 5.82 Å². The van der Waals surface area contributed by atoms with E-state index < -0.39 is 0 Å². The SMILES string of the molecule is Cc1cccc2nc(CCl)n(C(C)C3CCCO3)c12. The molecule has 19 heavy (non-hydrogen) atoms. The summed E-state index contributed by atoms with van der Waals surface area (Å²) in [5.41, 5.74) is 3.47. The van der Waals surface area contributed by atoms with Crippen molar-refractivity contribution in [3.8, 4) is 0 Å². The van der Waals surface area contributed by atoms with Gasteiger partial charge < -0.3 is 9.30 Å². The maximum atomic E-state index is 6.08. The first-order chi connectivity index (χ1) is 9.22. The van der Waals surface area contributed by atoms with E-state index in [1.54, 1.807) is 0 Å². The fraction of sp³-hybridized carbons (Fsp3) is 0.533. The predicted octanol–water partition coefficient (Wildman–Crippen LogP) is 3.82. The van der Waals surface area contributed by atoms with E-state index in [1.165, 1.54) is 11.1 Å². The molecule has 1 fully saturated rings. The van der Waals surface area contributed by atoms with E-state index in [9.17, 15) is 0 Å². The predicted molar refractivity (Wildman–Crippen MR) is 77.7 cm³/mol. The zero-order chi connectivity index (χ0) is 13.4. The van der Waals surface area contributed by atoms with Crippen LogP contribution in [0, 0.1) is 6.92 Å². The number of ether oxygens (including phenoxy) is 1. The van der Waals surface area contributed by atoms with Crippen LogP contribution in [0.2, 0.25) is 0 Å². The van der Waals surface area contributed by atoms with E-state index in [0.717, 1.165) is 30.8 Å². The van der Waals surface area contributed by atoms with Crippen molar-refractivity contribution in [2.45, 2.75) is 44.7 Å². The van der Waals surface area contributed by atoms with Gasteiger partial charge in [0.15, 0.2) is 0 Å². The molecule has 1 aromatic carbocycles. The van der Waals surface area contributed by atoms with Crippen LogP contribution in [0.5, 0.6) is 0 Å². The number of fused-ring (bicyclic) bond motifs is 1. The molecular formula is C15H19ClN2O. The topological polar surface area (TPSA) is 27.1 Å². The lowest BCUT2D eigenvalue weighted by Crippen LogP contribution is -2.22. The highest BCUT2D eigenvalue weighted by Gasteiger charge is 2.27. The van der Waals surface area contributed by atoms with Crippen LogP contribution in [0.4, 0.5) is 0 Å². The monoisotopic (exact) mass is 278 g/mol. The van der Waals surface area contributed by atoms with Gasteiger partial charge in [-0.15, -0.1) is 11.6 Å². The lowest BCUT2D eigenvalue weighted by atomic mass is 10.1. The van der Waals surface area contributed by atoms with Crippen molar-refractivity contribution in [3.63, 3.8) is 0 Å². The zero-order valence-electron chi connectivity index (χ0n) is 11.4. The summed E-state index contributed by atoms with van der Waals surface area (Å²) in [6, 6.07) is 6.50. The summed E-state index contributed by atoms with van der Waals surface area (Å²) >= 11 is 6.08. The first kappa shape index (κ1) is 12.9. The van der Waals surface area contributed by atoms with E-state index in [4.69, 9.17) is 16.3 Å². The van der Waals surface area contributed by atoms with Crippen molar-refractivity contribution in [1.82, 2.24) is 9.55 Å². The van der Waals surface area contributed by atoms with Crippen LogP contribution in [-0.2, 0) is 10.6 Å². The van der Waals surface area contributed by atoms with E-state index in [-0.39, 0.29) is 12.1 Å². The molecule has 4 heteroatoms. The Bertz CT molecular complexity index is 587. The van der Waals surface area contributed by atoms with Gasteiger partial charge in [-0.05, 0) is 38.3 Å². The number of aryl methyl sites for hydroxylation is 1. The molecule has 0 N–H and O–H groups in total. The summed E-state index contributed by atoms with van der Waals surface area (Å²) in [5.74, 6) is 1.37. The molecule has 0 aliphatic carbocycles. The third kappa shape index (κ3) is 2.15. The fourth-order valence-corrected chi connectivity index (χ4v) is 3.24. The molecule has 0 spiro atoms. The minimum Gasteiger partial charge on any atom is -0.376 e. The number of rotatable bonds is 3. The van der Waals surface area contributed by atoms with Crippen molar-refractivity contribution in [2.24, 2.45) is 0 Å². The molecule has 1 aromatic heterocycles. The molecule has 0 radical (unpaired) electrons. The minimum atomic E-state index is 0.277. The fourth-order valence-electron chi connectivity index (χ4n) is 3.05. The molecule has 1 aliphatic rings. The van der Waals surface area contributed by atoms with Gasteiger partial charge in [0.25, 0.3) is 0 Å². The highest BCUT2D eigenvalue weighted by molar-refractivity contribution is 6.16. The van der Waals surface area contributed by atoms with Gasteiger partial charge in [-0.2, -0.15) is 0 Å². The number of halogens is 1. The molecule has 3 rings (SSSR count). The van der Waals surface area contributed by atoms with Crippen molar-refractivity contribution in [1.29, 1.82) is 0 Å². The quantitative estimate of drug-likeness (QED) is 0.798. The number of imidazole rings is 1. The Morgan fingerprint density at radius 3 is 3.05 bits per heavy atom. The van der Waals surface area contributed by atoms with Gasteiger partial charge in [0.05, 0.1) is 29.1 Å². The van der Waals surface area contributed by atoms with Crippen molar-refractivity contribution < 1.29 is 4.74 Å². The van der Waals surface area contributed by atoms with Crippen molar-refractivity contribution in [2.75, 3.05) is 6.61 Å². The summed E-state index contributed by atoms with van der Waals surface area (Å²) in [4.78, 5) is 4.66.